The van der Waals surface area contributed by atoms with E-state index in [1.165, 1.54) is 0 Å². The van der Waals surface area contributed by atoms with Gasteiger partial charge in [0.15, 0.2) is 0 Å². The van der Waals surface area contributed by atoms with Crippen molar-refractivity contribution in [1.82, 2.24) is 4.31 Å². The van der Waals surface area contributed by atoms with Crippen LogP contribution in [0.15, 0.2) is 18.2 Å². The van der Waals surface area contributed by atoms with Crippen LogP contribution in [0.4, 0.5) is 0 Å². The topological polar surface area (TPSA) is 63.7 Å². The molecule has 6 heteroatoms. The van der Waals surface area contributed by atoms with Gasteiger partial charge in [0.25, 0.3) is 5.91 Å². The standard InChI is InChI=1S/C12H11NO4S/c1-18(15,16)13-7-10-8-3-2-6-17-11(8)5-4-9(10)12(13)14/h2-5H,6-7H2,1H3. The van der Waals surface area contributed by atoms with Gasteiger partial charge < -0.3 is 4.74 Å². The molecule has 1 aromatic rings. The fourth-order valence-electron chi connectivity index (χ4n) is 2.24. The summed E-state index contributed by atoms with van der Waals surface area (Å²) in [7, 11) is -3.53. The van der Waals surface area contributed by atoms with E-state index in [1.54, 1.807) is 12.1 Å². The Hall–Kier alpha value is -1.82. The highest BCUT2D eigenvalue weighted by Crippen LogP contribution is 2.35. The Morgan fingerprint density at radius 3 is 2.83 bits per heavy atom. The molecular formula is C12H11NO4S. The van der Waals surface area contributed by atoms with Gasteiger partial charge in [-0.05, 0) is 23.8 Å². The van der Waals surface area contributed by atoms with Crippen molar-refractivity contribution in [3.8, 4) is 5.75 Å². The highest BCUT2D eigenvalue weighted by molar-refractivity contribution is 7.88. The molecule has 0 radical (unpaired) electrons. The first-order valence-electron chi connectivity index (χ1n) is 5.46. The minimum atomic E-state index is -3.53. The minimum absolute atomic E-state index is 0.0872. The van der Waals surface area contributed by atoms with E-state index in [0.29, 0.717) is 17.9 Å². The number of benzene rings is 1. The number of sulfonamides is 1. The summed E-state index contributed by atoms with van der Waals surface area (Å²) in [6, 6.07) is 3.34. The molecule has 18 heavy (non-hydrogen) atoms. The van der Waals surface area contributed by atoms with Gasteiger partial charge in [-0.15, -0.1) is 0 Å². The number of carbonyl (C=O) groups excluding carboxylic acids is 1. The van der Waals surface area contributed by atoms with Gasteiger partial charge in [0.1, 0.15) is 12.4 Å². The zero-order valence-electron chi connectivity index (χ0n) is 9.71. The summed E-state index contributed by atoms with van der Waals surface area (Å²) in [5.74, 6) is 0.230. The average molecular weight is 265 g/mol. The van der Waals surface area contributed by atoms with E-state index in [2.05, 4.69) is 0 Å². The van der Waals surface area contributed by atoms with E-state index in [1.807, 2.05) is 12.2 Å². The molecule has 0 fully saturated rings. The molecule has 0 saturated heterocycles. The van der Waals surface area contributed by atoms with Crippen molar-refractivity contribution in [2.75, 3.05) is 12.9 Å². The lowest BCUT2D eigenvalue weighted by atomic mass is 10.0. The first-order chi connectivity index (χ1) is 8.48. The molecule has 0 spiro atoms. The van der Waals surface area contributed by atoms with Gasteiger partial charge in [-0.1, -0.05) is 6.08 Å². The second-order valence-corrected chi connectivity index (χ2v) is 6.20. The lowest BCUT2D eigenvalue weighted by molar-refractivity contribution is 0.0880. The number of carbonyl (C=O) groups is 1. The fraction of sp³-hybridized carbons (Fsp3) is 0.250. The number of amides is 1. The van der Waals surface area contributed by atoms with E-state index in [9.17, 15) is 13.2 Å². The van der Waals surface area contributed by atoms with Crippen LogP contribution < -0.4 is 4.74 Å². The highest BCUT2D eigenvalue weighted by Gasteiger charge is 2.35. The van der Waals surface area contributed by atoms with Crippen molar-refractivity contribution in [2.45, 2.75) is 6.54 Å². The molecule has 2 aliphatic heterocycles. The predicted molar refractivity (Wildman–Crippen MR) is 65.7 cm³/mol. The minimum Gasteiger partial charge on any atom is -0.489 e. The van der Waals surface area contributed by atoms with Gasteiger partial charge >= 0.3 is 0 Å². The fourth-order valence-corrected chi connectivity index (χ4v) is 3.01. The third-order valence-corrected chi connectivity index (χ3v) is 4.19. The molecule has 0 saturated carbocycles. The largest absolute Gasteiger partial charge is 0.489 e. The van der Waals surface area contributed by atoms with E-state index in [4.69, 9.17) is 4.74 Å². The lowest BCUT2D eigenvalue weighted by Crippen LogP contribution is -2.30. The Morgan fingerprint density at radius 1 is 1.33 bits per heavy atom. The molecule has 0 unspecified atom stereocenters. The van der Waals surface area contributed by atoms with Crippen molar-refractivity contribution in [2.24, 2.45) is 0 Å². The van der Waals surface area contributed by atoms with E-state index >= 15 is 0 Å². The molecule has 94 valence electrons. The summed E-state index contributed by atoms with van der Waals surface area (Å²) in [5, 5.41) is 0. The summed E-state index contributed by atoms with van der Waals surface area (Å²) in [4.78, 5) is 12.0. The third kappa shape index (κ3) is 1.53. The molecule has 0 bridgehead atoms. The van der Waals surface area contributed by atoms with Crippen molar-refractivity contribution < 1.29 is 17.9 Å². The molecule has 1 amide bonds. The normalized spacial score (nSPS) is 17.4. The molecule has 1 aromatic carbocycles. The number of nitrogens with zero attached hydrogens (tertiary/aromatic N) is 1. The molecule has 0 aliphatic carbocycles. The SMILES string of the molecule is CS(=O)(=O)N1Cc2c(ccc3c2C=CCO3)C1=O. The van der Waals surface area contributed by atoms with Crippen molar-refractivity contribution >= 4 is 22.0 Å². The summed E-state index contributed by atoms with van der Waals surface area (Å²) in [5.41, 5.74) is 1.96. The molecular weight excluding hydrogens is 254 g/mol. The summed E-state index contributed by atoms with van der Waals surface area (Å²) < 4.78 is 29.4. The van der Waals surface area contributed by atoms with Crippen molar-refractivity contribution in [3.63, 3.8) is 0 Å². The zero-order valence-corrected chi connectivity index (χ0v) is 10.5. The van der Waals surface area contributed by atoms with Gasteiger partial charge in [0.2, 0.25) is 10.0 Å². The van der Waals surface area contributed by atoms with Crippen LogP contribution in [0.2, 0.25) is 0 Å². The maximum Gasteiger partial charge on any atom is 0.268 e. The van der Waals surface area contributed by atoms with Gasteiger partial charge in [-0.3, -0.25) is 4.79 Å². The van der Waals surface area contributed by atoms with Crippen LogP contribution in [0, 0.1) is 0 Å². The zero-order chi connectivity index (χ0) is 12.9. The van der Waals surface area contributed by atoms with E-state index in [-0.39, 0.29) is 6.54 Å². The number of fused-ring (bicyclic) bond motifs is 3. The van der Waals surface area contributed by atoms with Crippen LogP contribution in [-0.4, -0.2) is 31.5 Å². The number of rotatable bonds is 1. The second kappa shape index (κ2) is 3.58. The highest BCUT2D eigenvalue weighted by atomic mass is 32.2. The Bertz CT molecular complexity index is 676. The second-order valence-electron chi connectivity index (χ2n) is 4.29. The van der Waals surface area contributed by atoms with Crippen molar-refractivity contribution in [3.05, 3.63) is 34.9 Å². The van der Waals surface area contributed by atoms with Gasteiger partial charge in [-0.25, -0.2) is 12.7 Å². The maximum atomic E-state index is 12.0. The van der Waals surface area contributed by atoms with Gasteiger partial charge in [-0.2, -0.15) is 0 Å². The molecule has 3 rings (SSSR count). The molecule has 2 heterocycles. The van der Waals surface area contributed by atoms with Crippen LogP contribution in [0.1, 0.15) is 21.5 Å². The first kappa shape index (κ1) is 11.3. The van der Waals surface area contributed by atoms with E-state index in [0.717, 1.165) is 21.7 Å². The summed E-state index contributed by atoms with van der Waals surface area (Å²) in [6.07, 6.45) is 4.75. The monoisotopic (exact) mass is 265 g/mol. The van der Waals surface area contributed by atoms with Gasteiger partial charge in [0.05, 0.1) is 12.8 Å². The van der Waals surface area contributed by atoms with Gasteiger partial charge in [0, 0.05) is 11.1 Å². The Kier molecular flexibility index (Phi) is 2.25. The van der Waals surface area contributed by atoms with Crippen LogP contribution >= 0.6 is 0 Å². The molecule has 5 nitrogen and oxygen atoms in total. The Morgan fingerprint density at radius 2 is 2.11 bits per heavy atom. The van der Waals surface area contributed by atoms with Crippen LogP contribution in [0.25, 0.3) is 6.08 Å². The number of ether oxygens (including phenoxy) is 1. The molecule has 2 aliphatic rings. The lowest BCUT2D eigenvalue weighted by Gasteiger charge is -2.15. The quantitative estimate of drug-likeness (QED) is 0.760. The molecule has 0 atom stereocenters. The van der Waals surface area contributed by atoms with E-state index < -0.39 is 15.9 Å². The number of hydrogen-bond acceptors (Lipinski definition) is 4. The number of hydrogen-bond donors (Lipinski definition) is 0. The Balaban J connectivity index is 2.17. The Labute approximate surface area is 105 Å². The predicted octanol–water partition coefficient (Wildman–Crippen LogP) is 1.01. The molecule has 0 aromatic heterocycles. The molecule has 0 N–H and O–H groups in total. The van der Waals surface area contributed by atoms with Crippen LogP contribution in [-0.2, 0) is 16.6 Å². The van der Waals surface area contributed by atoms with Crippen LogP contribution in [0.3, 0.4) is 0 Å². The average Bonchev–Trinajstić information content (AvgIpc) is 2.67. The smallest absolute Gasteiger partial charge is 0.268 e. The third-order valence-electron chi connectivity index (χ3n) is 3.10. The maximum absolute atomic E-state index is 12.0. The first-order valence-corrected chi connectivity index (χ1v) is 7.30. The van der Waals surface area contributed by atoms with Crippen molar-refractivity contribution in [1.29, 1.82) is 0 Å². The summed E-state index contributed by atoms with van der Waals surface area (Å²) in [6.45, 7) is 0.583. The summed E-state index contributed by atoms with van der Waals surface area (Å²) >= 11 is 0. The van der Waals surface area contributed by atoms with Crippen LogP contribution in [0.5, 0.6) is 5.75 Å².